The van der Waals surface area contributed by atoms with Crippen LogP contribution in [-0.4, -0.2) is 44.2 Å². The van der Waals surface area contributed by atoms with Crippen LogP contribution in [0.2, 0.25) is 0 Å². The van der Waals surface area contributed by atoms with Gasteiger partial charge in [0.1, 0.15) is 0 Å². The number of carbonyl (C=O) groups is 2. The first-order chi connectivity index (χ1) is 13.9. The number of ether oxygens (including phenoxy) is 4. The van der Waals surface area contributed by atoms with Crippen LogP contribution in [0.3, 0.4) is 0 Å². The molecule has 154 valence electrons. The van der Waals surface area contributed by atoms with Gasteiger partial charge in [-0.05, 0) is 23.8 Å². The molecule has 0 atom stereocenters. The Bertz CT molecular complexity index is 884. The third-order valence-corrected chi connectivity index (χ3v) is 3.71. The number of nitrogens with zero attached hydrogens (tertiary/aromatic N) is 1. The Kier molecular flexibility index (Phi) is 7.78. The molecular formula is C19H20N2O8. The van der Waals surface area contributed by atoms with Crippen LogP contribution in [0.15, 0.2) is 42.5 Å². The number of para-hydroxylation sites is 2. The zero-order valence-corrected chi connectivity index (χ0v) is 15.9. The highest BCUT2D eigenvalue weighted by molar-refractivity contribution is 5.80. The van der Waals surface area contributed by atoms with Crippen molar-refractivity contribution >= 4 is 17.6 Å². The minimum atomic E-state index is -0.829. The van der Waals surface area contributed by atoms with Gasteiger partial charge in [0.15, 0.2) is 30.5 Å². The second kappa shape index (κ2) is 10.5. The smallest absolute Gasteiger partial charge is 0.344 e. The summed E-state index contributed by atoms with van der Waals surface area (Å²) in [6, 6.07) is 10.8. The fraction of sp³-hybridized carbons (Fsp3) is 0.263. The Hall–Kier alpha value is -3.82. The Balaban J connectivity index is 1.76. The van der Waals surface area contributed by atoms with Crippen molar-refractivity contribution in [3.8, 4) is 17.2 Å². The molecule has 0 aromatic heterocycles. The quantitative estimate of drug-likeness (QED) is 0.361. The van der Waals surface area contributed by atoms with Crippen LogP contribution in [0.5, 0.6) is 17.2 Å². The minimum Gasteiger partial charge on any atom is -0.493 e. The predicted molar refractivity (Wildman–Crippen MR) is 101 cm³/mol. The topological polar surface area (TPSA) is 126 Å². The molecule has 0 spiro atoms. The Labute approximate surface area is 166 Å². The summed E-state index contributed by atoms with van der Waals surface area (Å²) in [4.78, 5) is 33.8. The summed E-state index contributed by atoms with van der Waals surface area (Å²) >= 11 is 0. The molecule has 0 heterocycles. The molecule has 2 aromatic rings. The third kappa shape index (κ3) is 6.38. The summed E-state index contributed by atoms with van der Waals surface area (Å²) in [5.74, 6) is -0.316. The van der Waals surface area contributed by atoms with Crippen LogP contribution in [-0.2, 0) is 20.9 Å². The van der Waals surface area contributed by atoms with E-state index in [0.29, 0.717) is 11.5 Å². The number of nitrogens with one attached hydrogen (secondary N) is 1. The van der Waals surface area contributed by atoms with E-state index in [9.17, 15) is 19.7 Å². The number of amides is 1. The summed E-state index contributed by atoms with van der Waals surface area (Å²) in [7, 11) is 3.03. The average molecular weight is 404 g/mol. The zero-order valence-electron chi connectivity index (χ0n) is 15.9. The van der Waals surface area contributed by atoms with Crippen molar-refractivity contribution in [2.45, 2.75) is 6.54 Å². The molecule has 2 aromatic carbocycles. The second-order valence-corrected chi connectivity index (χ2v) is 5.64. The number of rotatable bonds is 10. The number of esters is 1. The van der Waals surface area contributed by atoms with Gasteiger partial charge in [0, 0.05) is 12.6 Å². The van der Waals surface area contributed by atoms with E-state index in [2.05, 4.69) is 5.32 Å². The molecule has 1 N–H and O–H groups in total. The van der Waals surface area contributed by atoms with E-state index >= 15 is 0 Å². The fourth-order valence-electron chi connectivity index (χ4n) is 2.30. The summed E-state index contributed by atoms with van der Waals surface area (Å²) in [5.41, 5.74) is 0.495. The largest absolute Gasteiger partial charge is 0.493 e. The van der Waals surface area contributed by atoms with E-state index in [-0.39, 0.29) is 18.0 Å². The van der Waals surface area contributed by atoms with Crippen molar-refractivity contribution in [3.63, 3.8) is 0 Å². The molecule has 0 aliphatic rings. The maximum absolute atomic E-state index is 11.8. The van der Waals surface area contributed by atoms with Crippen molar-refractivity contribution in [1.29, 1.82) is 0 Å². The van der Waals surface area contributed by atoms with Crippen LogP contribution in [0.4, 0.5) is 5.69 Å². The lowest BCUT2D eigenvalue weighted by Gasteiger charge is -2.11. The van der Waals surface area contributed by atoms with Gasteiger partial charge < -0.3 is 24.3 Å². The summed E-state index contributed by atoms with van der Waals surface area (Å²) in [5, 5.41) is 13.5. The maximum Gasteiger partial charge on any atom is 0.344 e. The molecular weight excluding hydrogens is 384 g/mol. The van der Waals surface area contributed by atoms with Gasteiger partial charge in [-0.1, -0.05) is 18.2 Å². The fourth-order valence-corrected chi connectivity index (χ4v) is 2.30. The summed E-state index contributed by atoms with van der Waals surface area (Å²) < 4.78 is 20.2. The molecule has 10 heteroatoms. The number of hydrogen-bond donors (Lipinski definition) is 1. The second-order valence-electron chi connectivity index (χ2n) is 5.64. The molecule has 0 unspecified atom stereocenters. The number of benzene rings is 2. The maximum atomic E-state index is 11.8. The SMILES string of the molecule is COc1ccc(CNC(=O)COC(=O)COc2ccccc2[N+](=O)[O-])cc1OC. The lowest BCUT2D eigenvalue weighted by molar-refractivity contribution is -0.385. The van der Waals surface area contributed by atoms with E-state index in [0.717, 1.165) is 5.56 Å². The van der Waals surface area contributed by atoms with Gasteiger partial charge in [0.2, 0.25) is 0 Å². The molecule has 29 heavy (non-hydrogen) atoms. The molecule has 2 rings (SSSR count). The van der Waals surface area contributed by atoms with Gasteiger partial charge in [-0.2, -0.15) is 0 Å². The Morgan fingerprint density at radius 3 is 2.41 bits per heavy atom. The van der Waals surface area contributed by atoms with Gasteiger partial charge in [-0.25, -0.2) is 4.79 Å². The van der Waals surface area contributed by atoms with Crippen LogP contribution >= 0.6 is 0 Å². The molecule has 0 radical (unpaired) electrons. The van der Waals surface area contributed by atoms with E-state index in [1.165, 1.54) is 38.5 Å². The number of nitro groups is 1. The molecule has 0 aliphatic carbocycles. The summed E-state index contributed by atoms with van der Waals surface area (Å²) in [6.45, 7) is -0.871. The van der Waals surface area contributed by atoms with Crippen molar-refractivity contribution in [3.05, 3.63) is 58.1 Å². The van der Waals surface area contributed by atoms with Crippen LogP contribution < -0.4 is 19.5 Å². The highest BCUT2D eigenvalue weighted by atomic mass is 16.6. The molecule has 0 saturated heterocycles. The van der Waals surface area contributed by atoms with E-state index in [1.54, 1.807) is 18.2 Å². The standard InChI is InChI=1S/C19H20N2O8/c1-26-16-8-7-13(9-17(16)27-2)10-20-18(22)11-29-19(23)12-28-15-6-4-3-5-14(15)21(24)25/h3-9H,10-12H2,1-2H3,(H,20,22). The van der Waals surface area contributed by atoms with E-state index in [4.69, 9.17) is 18.9 Å². The monoisotopic (exact) mass is 404 g/mol. The highest BCUT2D eigenvalue weighted by Crippen LogP contribution is 2.27. The van der Waals surface area contributed by atoms with E-state index < -0.39 is 30.0 Å². The number of hydrogen-bond acceptors (Lipinski definition) is 8. The first-order valence-corrected chi connectivity index (χ1v) is 8.44. The molecule has 0 aliphatic heterocycles. The van der Waals surface area contributed by atoms with Gasteiger partial charge in [-0.3, -0.25) is 14.9 Å². The van der Waals surface area contributed by atoms with Crippen LogP contribution in [0, 0.1) is 10.1 Å². The van der Waals surface area contributed by atoms with Gasteiger partial charge in [-0.15, -0.1) is 0 Å². The third-order valence-electron chi connectivity index (χ3n) is 3.71. The van der Waals surface area contributed by atoms with Crippen molar-refractivity contribution in [2.75, 3.05) is 27.4 Å². The van der Waals surface area contributed by atoms with Gasteiger partial charge in [0.05, 0.1) is 19.1 Å². The molecule has 0 saturated carbocycles. The number of carbonyl (C=O) groups excluding carboxylic acids is 2. The minimum absolute atomic E-state index is 0.0626. The van der Waals surface area contributed by atoms with Gasteiger partial charge >= 0.3 is 11.7 Å². The van der Waals surface area contributed by atoms with Gasteiger partial charge in [0.25, 0.3) is 5.91 Å². The Morgan fingerprint density at radius 1 is 1.00 bits per heavy atom. The van der Waals surface area contributed by atoms with Crippen molar-refractivity contribution in [1.82, 2.24) is 5.32 Å². The molecule has 0 fully saturated rings. The first kappa shape index (κ1) is 21.5. The highest BCUT2D eigenvalue weighted by Gasteiger charge is 2.16. The van der Waals surface area contributed by atoms with Crippen LogP contribution in [0.25, 0.3) is 0 Å². The zero-order chi connectivity index (χ0) is 21.2. The molecule has 0 bridgehead atoms. The summed E-state index contributed by atoms with van der Waals surface area (Å²) in [6.07, 6.45) is 0. The molecule has 10 nitrogen and oxygen atoms in total. The Morgan fingerprint density at radius 2 is 1.72 bits per heavy atom. The van der Waals surface area contributed by atoms with Crippen molar-refractivity contribution < 1.29 is 33.5 Å². The predicted octanol–water partition coefficient (Wildman–Crippen LogP) is 1.85. The van der Waals surface area contributed by atoms with E-state index in [1.807, 2.05) is 0 Å². The normalized spacial score (nSPS) is 10.0. The number of methoxy groups -OCH3 is 2. The lowest BCUT2D eigenvalue weighted by atomic mass is 10.2. The first-order valence-electron chi connectivity index (χ1n) is 8.44. The van der Waals surface area contributed by atoms with Crippen molar-refractivity contribution in [2.24, 2.45) is 0 Å². The lowest BCUT2D eigenvalue weighted by Crippen LogP contribution is -2.29. The number of nitro benzene ring substituents is 1. The van der Waals surface area contributed by atoms with Crippen LogP contribution in [0.1, 0.15) is 5.56 Å². The molecule has 1 amide bonds. The average Bonchev–Trinajstić information content (AvgIpc) is 2.74.